The largest absolute Gasteiger partial charge is 0.397 e. The van der Waals surface area contributed by atoms with Crippen LogP contribution < -0.4 is 10.6 Å². The number of nitrogen functional groups attached to an aromatic ring is 1. The Morgan fingerprint density at radius 2 is 1.89 bits per heavy atom. The highest BCUT2D eigenvalue weighted by Gasteiger charge is 2.25. The fraction of sp³-hybridized carbons (Fsp3) is 0.500. The number of hydrogen-bond acceptors (Lipinski definition) is 4. The van der Waals surface area contributed by atoms with Gasteiger partial charge >= 0.3 is 0 Å². The van der Waals surface area contributed by atoms with Gasteiger partial charge in [0, 0.05) is 33.3 Å². The molecule has 1 aromatic rings. The number of carbonyl (C=O) groups is 1. The molecule has 1 aliphatic rings. The SMILES string of the molecule is COC(C)C(=O)N1CCN(c2ccccc2N)CC1. The van der Waals surface area contributed by atoms with Crippen LogP contribution in [-0.4, -0.2) is 50.2 Å². The van der Waals surface area contributed by atoms with Crippen LogP contribution in [0.1, 0.15) is 6.92 Å². The summed E-state index contributed by atoms with van der Waals surface area (Å²) in [6.45, 7) is 4.80. The summed E-state index contributed by atoms with van der Waals surface area (Å²) in [5.74, 6) is 0.0585. The molecule has 0 spiro atoms. The molecule has 5 nitrogen and oxygen atoms in total. The molecule has 1 unspecified atom stereocenters. The molecule has 1 atom stereocenters. The van der Waals surface area contributed by atoms with Crippen molar-refractivity contribution in [2.45, 2.75) is 13.0 Å². The predicted molar refractivity (Wildman–Crippen MR) is 76.1 cm³/mol. The van der Waals surface area contributed by atoms with Gasteiger partial charge < -0.3 is 20.3 Å². The van der Waals surface area contributed by atoms with Crippen LogP contribution in [0, 0.1) is 0 Å². The van der Waals surface area contributed by atoms with Crippen LogP contribution in [0.4, 0.5) is 11.4 Å². The molecule has 104 valence electrons. The highest BCUT2D eigenvalue weighted by atomic mass is 16.5. The van der Waals surface area contributed by atoms with Crippen LogP contribution in [0.3, 0.4) is 0 Å². The Hall–Kier alpha value is -1.75. The number of amides is 1. The molecule has 19 heavy (non-hydrogen) atoms. The first kappa shape index (κ1) is 13.7. The molecule has 1 amide bonds. The van der Waals surface area contributed by atoms with E-state index in [1.165, 1.54) is 0 Å². The lowest BCUT2D eigenvalue weighted by molar-refractivity contribution is -0.141. The molecule has 0 bridgehead atoms. The summed E-state index contributed by atoms with van der Waals surface area (Å²) >= 11 is 0. The molecule has 0 saturated carbocycles. The number of ether oxygens (including phenoxy) is 1. The van der Waals surface area contributed by atoms with E-state index in [1.807, 2.05) is 29.2 Å². The first-order chi connectivity index (χ1) is 9.13. The van der Waals surface area contributed by atoms with Gasteiger partial charge in [0.15, 0.2) is 0 Å². The number of carbonyl (C=O) groups excluding carboxylic acids is 1. The second-order valence-corrected chi connectivity index (χ2v) is 4.75. The van der Waals surface area contributed by atoms with E-state index in [4.69, 9.17) is 10.5 Å². The Morgan fingerprint density at radius 3 is 2.47 bits per heavy atom. The summed E-state index contributed by atoms with van der Waals surface area (Å²) in [4.78, 5) is 16.1. The van der Waals surface area contributed by atoms with Crippen LogP contribution in [0.25, 0.3) is 0 Å². The minimum atomic E-state index is -0.367. The van der Waals surface area contributed by atoms with Crippen molar-refractivity contribution in [2.24, 2.45) is 0 Å². The van der Waals surface area contributed by atoms with Gasteiger partial charge in [-0.1, -0.05) is 12.1 Å². The minimum absolute atomic E-state index is 0.0585. The molecule has 1 saturated heterocycles. The van der Waals surface area contributed by atoms with E-state index in [9.17, 15) is 4.79 Å². The minimum Gasteiger partial charge on any atom is -0.397 e. The van der Waals surface area contributed by atoms with Gasteiger partial charge in [-0.25, -0.2) is 0 Å². The van der Waals surface area contributed by atoms with Crippen LogP contribution >= 0.6 is 0 Å². The number of nitrogens with zero attached hydrogens (tertiary/aromatic N) is 2. The number of piperazine rings is 1. The Bertz CT molecular complexity index is 442. The van der Waals surface area contributed by atoms with E-state index in [0.717, 1.165) is 24.5 Å². The van der Waals surface area contributed by atoms with Crippen molar-refractivity contribution < 1.29 is 9.53 Å². The van der Waals surface area contributed by atoms with Crippen molar-refractivity contribution >= 4 is 17.3 Å². The van der Waals surface area contributed by atoms with Gasteiger partial charge in [0.2, 0.25) is 0 Å². The van der Waals surface area contributed by atoms with E-state index in [1.54, 1.807) is 14.0 Å². The predicted octanol–water partition coefficient (Wildman–Crippen LogP) is 0.952. The molecule has 2 N–H and O–H groups in total. The fourth-order valence-corrected chi connectivity index (χ4v) is 2.30. The van der Waals surface area contributed by atoms with E-state index >= 15 is 0 Å². The summed E-state index contributed by atoms with van der Waals surface area (Å²) < 4.78 is 5.07. The van der Waals surface area contributed by atoms with Crippen LogP contribution in [0.15, 0.2) is 24.3 Å². The third kappa shape index (κ3) is 2.98. The Kier molecular flexibility index (Phi) is 4.27. The highest BCUT2D eigenvalue weighted by molar-refractivity contribution is 5.81. The number of para-hydroxylation sites is 2. The van der Waals surface area contributed by atoms with Crippen molar-refractivity contribution in [3.05, 3.63) is 24.3 Å². The average molecular weight is 263 g/mol. The van der Waals surface area contributed by atoms with E-state index in [2.05, 4.69) is 4.90 Å². The number of anilines is 2. The summed E-state index contributed by atoms with van der Waals surface area (Å²) in [6, 6.07) is 7.83. The zero-order valence-corrected chi connectivity index (χ0v) is 11.5. The molecular weight excluding hydrogens is 242 g/mol. The van der Waals surface area contributed by atoms with Crippen LogP contribution in [0.2, 0.25) is 0 Å². The van der Waals surface area contributed by atoms with Gasteiger partial charge in [-0.2, -0.15) is 0 Å². The maximum absolute atomic E-state index is 12.0. The smallest absolute Gasteiger partial charge is 0.251 e. The number of hydrogen-bond donors (Lipinski definition) is 1. The molecule has 0 radical (unpaired) electrons. The third-order valence-corrected chi connectivity index (χ3v) is 3.57. The normalized spacial score (nSPS) is 17.4. The number of benzene rings is 1. The molecule has 0 aromatic heterocycles. The Labute approximate surface area is 113 Å². The lowest BCUT2D eigenvalue weighted by Crippen LogP contribution is -2.51. The lowest BCUT2D eigenvalue weighted by atomic mass is 10.2. The summed E-state index contributed by atoms with van der Waals surface area (Å²) in [6.07, 6.45) is -0.367. The Morgan fingerprint density at radius 1 is 1.26 bits per heavy atom. The van der Waals surface area contributed by atoms with E-state index < -0.39 is 0 Å². The van der Waals surface area contributed by atoms with E-state index in [0.29, 0.717) is 13.1 Å². The number of methoxy groups -OCH3 is 1. The molecule has 1 fully saturated rings. The van der Waals surface area contributed by atoms with Crippen molar-refractivity contribution in [2.75, 3.05) is 43.9 Å². The van der Waals surface area contributed by atoms with Crippen LogP contribution in [-0.2, 0) is 9.53 Å². The fourth-order valence-electron chi connectivity index (χ4n) is 2.30. The van der Waals surface area contributed by atoms with Gasteiger partial charge in [-0.3, -0.25) is 4.79 Å². The quantitative estimate of drug-likeness (QED) is 0.825. The molecule has 0 aliphatic carbocycles. The van der Waals surface area contributed by atoms with Crippen molar-refractivity contribution in [3.8, 4) is 0 Å². The zero-order chi connectivity index (χ0) is 13.8. The maximum atomic E-state index is 12.0. The van der Waals surface area contributed by atoms with Gasteiger partial charge in [0.05, 0.1) is 11.4 Å². The van der Waals surface area contributed by atoms with Gasteiger partial charge in [-0.05, 0) is 19.1 Å². The highest BCUT2D eigenvalue weighted by Crippen LogP contribution is 2.23. The second kappa shape index (κ2) is 5.93. The molecule has 2 rings (SSSR count). The molecule has 1 aromatic carbocycles. The van der Waals surface area contributed by atoms with Crippen molar-refractivity contribution in [1.82, 2.24) is 4.90 Å². The zero-order valence-electron chi connectivity index (χ0n) is 11.5. The first-order valence-corrected chi connectivity index (χ1v) is 6.54. The maximum Gasteiger partial charge on any atom is 0.251 e. The summed E-state index contributed by atoms with van der Waals surface area (Å²) in [5.41, 5.74) is 7.81. The van der Waals surface area contributed by atoms with Gasteiger partial charge in [0.25, 0.3) is 5.91 Å². The number of nitrogens with two attached hydrogens (primary N) is 1. The lowest BCUT2D eigenvalue weighted by Gasteiger charge is -2.37. The van der Waals surface area contributed by atoms with Crippen LogP contribution in [0.5, 0.6) is 0 Å². The number of rotatable bonds is 3. The second-order valence-electron chi connectivity index (χ2n) is 4.75. The average Bonchev–Trinajstić information content (AvgIpc) is 2.46. The molecule has 1 aliphatic heterocycles. The third-order valence-electron chi connectivity index (χ3n) is 3.57. The van der Waals surface area contributed by atoms with Gasteiger partial charge in [0.1, 0.15) is 6.10 Å². The molecular formula is C14H21N3O2. The van der Waals surface area contributed by atoms with Crippen molar-refractivity contribution in [3.63, 3.8) is 0 Å². The molecule has 1 heterocycles. The van der Waals surface area contributed by atoms with E-state index in [-0.39, 0.29) is 12.0 Å². The standard InChI is InChI=1S/C14H21N3O2/c1-11(19-2)14(18)17-9-7-16(8-10-17)13-6-4-3-5-12(13)15/h3-6,11H,7-10,15H2,1-2H3. The first-order valence-electron chi connectivity index (χ1n) is 6.54. The molecule has 5 heteroatoms. The summed E-state index contributed by atoms with van der Waals surface area (Å²) in [5, 5.41) is 0. The summed E-state index contributed by atoms with van der Waals surface area (Å²) in [7, 11) is 1.56. The monoisotopic (exact) mass is 263 g/mol. The van der Waals surface area contributed by atoms with Gasteiger partial charge in [-0.15, -0.1) is 0 Å². The van der Waals surface area contributed by atoms with Crippen molar-refractivity contribution in [1.29, 1.82) is 0 Å². The Balaban J connectivity index is 1.96. The topological polar surface area (TPSA) is 58.8 Å².